The first-order chi connectivity index (χ1) is 24.0. The molecular formula is C41H69N2O6P. The van der Waals surface area contributed by atoms with Crippen LogP contribution in [0.1, 0.15) is 104 Å². The number of carbonyl (C=O) groups excluding carboxylic acids is 1. The Morgan fingerprint density at radius 2 is 1.20 bits per heavy atom. The van der Waals surface area contributed by atoms with E-state index in [1.165, 1.54) is 0 Å². The highest BCUT2D eigenvalue weighted by Gasteiger charge is 2.23. The molecule has 0 saturated heterocycles. The first-order valence-electron chi connectivity index (χ1n) is 18.6. The number of phosphoric acid groups is 1. The number of aliphatic hydroxyl groups excluding tert-OH is 1. The van der Waals surface area contributed by atoms with Gasteiger partial charge in [-0.3, -0.25) is 9.36 Å². The summed E-state index contributed by atoms with van der Waals surface area (Å²) in [6.07, 6.45) is 45.1. The van der Waals surface area contributed by atoms with Gasteiger partial charge in [0.1, 0.15) is 13.2 Å². The van der Waals surface area contributed by atoms with Crippen LogP contribution in [0.3, 0.4) is 0 Å². The summed E-state index contributed by atoms with van der Waals surface area (Å²) in [6, 6.07) is -0.919. The zero-order valence-electron chi connectivity index (χ0n) is 31.8. The summed E-state index contributed by atoms with van der Waals surface area (Å²) in [4.78, 5) is 24.9. The number of phosphoric ester groups is 1. The van der Waals surface area contributed by atoms with E-state index in [0.29, 0.717) is 17.4 Å². The number of unbranched alkanes of at least 4 members (excludes halogenated alkanes) is 4. The summed E-state index contributed by atoms with van der Waals surface area (Å²) >= 11 is 0. The second-order valence-electron chi connectivity index (χ2n) is 13.2. The lowest BCUT2D eigenvalue weighted by Gasteiger charge is -2.29. The van der Waals surface area contributed by atoms with Crippen molar-refractivity contribution in [2.24, 2.45) is 0 Å². The largest absolute Gasteiger partial charge is 0.756 e. The lowest BCUT2D eigenvalue weighted by atomic mass is 10.1. The summed E-state index contributed by atoms with van der Waals surface area (Å²) in [6.45, 7) is 4.31. The predicted molar refractivity (Wildman–Crippen MR) is 209 cm³/mol. The Kier molecular flexibility index (Phi) is 30.7. The van der Waals surface area contributed by atoms with Gasteiger partial charge < -0.3 is 28.8 Å². The number of likely N-dealkylation sites (N-methyl/N-ethyl adjacent to an activating group) is 1. The Morgan fingerprint density at radius 1 is 0.720 bits per heavy atom. The monoisotopic (exact) mass is 716 g/mol. The maximum atomic E-state index is 12.7. The number of allylic oxidation sites excluding steroid dienone is 15. The number of hydrogen-bond acceptors (Lipinski definition) is 6. The Bertz CT molecular complexity index is 1130. The van der Waals surface area contributed by atoms with Gasteiger partial charge in [0.05, 0.1) is 39.9 Å². The summed E-state index contributed by atoms with van der Waals surface area (Å²) in [5.74, 6) is -0.269. The molecule has 0 aromatic rings. The van der Waals surface area contributed by atoms with Crippen molar-refractivity contribution in [1.29, 1.82) is 0 Å². The second-order valence-corrected chi connectivity index (χ2v) is 14.6. The third kappa shape index (κ3) is 33.9. The van der Waals surface area contributed by atoms with Crippen molar-refractivity contribution in [3.8, 4) is 0 Å². The van der Waals surface area contributed by atoms with E-state index >= 15 is 0 Å². The van der Waals surface area contributed by atoms with Crippen molar-refractivity contribution in [3.05, 3.63) is 97.2 Å². The van der Waals surface area contributed by atoms with Crippen molar-refractivity contribution >= 4 is 13.7 Å². The molecule has 9 heteroatoms. The lowest BCUT2D eigenvalue weighted by molar-refractivity contribution is -0.870. The van der Waals surface area contributed by atoms with E-state index in [9.17, 15) is 19.4 Å². The average molecular weight is 717 g/mol. The van der Waals surface area contributed by atoms with Crippen LogP contribution >= 0.6 is 7.82 Å². The molecule has 0 aliphatic carbocycles. The molecule has 0 saturated carbocycles. The Morgan fingerprint density at radius 3 is 1.68 bits per heavy atom. The fraction of sp³-hybridized carbons (Fsp3) is 0.585. The number of rotatable bonds is 31. The maximum Gasteiger partial charge on any atom is 0.268 e. The highest BCUT2D eigenvalue weighted by molar-refractivity contribution is 7.45. The second kappa shape index (κ2) is 32.3. The highest BCUT2D eigenvalue weighted by Crippen LogP contribution is 2.38. The molecule has 0 heterocycles. The topological polar surface area (TPSA) is 108 Å². The van der Waals surface area contributed by atoms with Gasteiger partial charge in [-0.2, -0.15) is 0 Å². The van der Waals surface area contributed by atoms with Gasteiger partial charge in [0.2, 0.25) is 5.91 Å². The van der Waals surface area contributed by atoms with Gasteiger partial charge in [-0.15, -0.1) is 0 Å². The minimum Gasteiger partial charge on any atom is -0.756 e. The lowest BCUT2D eigenvalue weighted by Crippen LogP contribution is -2.45. The number of carbonyl (C=O) groups is 1. The molecule has 0 radical (unpaired) electrons. The third-order valence-electron chi connectivity index (χ3n) is 7.30. The SMILES string of the molecule is CC/C=C\C/C=C\C/C=C\C/C=C\C/C=C\C/C=C\C/C=C\CCCC(=O)NC(COP(=O)([O-])OCC[N+](C)(C)C)C(O)/C=C/CCCCC. The normalized spacial score (nSPS) is 15.7. The number of amides is 1. The van der Waals surface area contributed by atoms with Gasteiger partial charge in [0.25, 0.3) is 7.82 Å². The van der Waals surface area contributed by atoms with Crippen molar-refractivity contribution in [3.63, 3.8) is 0 Å². The smallest absolute Gasteiger partial charge is 0.268 e. The van der Waals surface area contributed by atoms with Crippen molar-refractivity contribution in [1.82, 2.24) is 5.32 Å². The third-order valence-corrected chi connectivity index (χ3v) is 8.26. The molecule has 284 valence electrons. The van der Waals surface area contributed by atoms with Crippen LogP contribution < -0.4 is 10.2 Å². The standard InChI is InChI=1S/C41H69N2O6P/c1-6-8-10-12-13-14-15-16-17-18-19-20-21-22-23-24-25-26-27-28-29-31-33-35-41(45)42-39(40(44)34-32-30-11-9-7-2)38-49-50(46,47)48-37-36-43(3,4)5/h8,10,13-14,16-17,19-20,22-23,25-26,28-29,32,34,39-40,44H,6-7,9,11-12,15,18,21,24,27,30-31,33,35-38H2,1-5H3,(H-,42,45,46,47)/b10-8-,14-13-,17-16-,20-19-,23-22-,26-25-,29-28-,34-32+. The summed E-state index contributed by atoms with van der Waals surface area (Å²) in [5, 5.41) is 13.5. The van der Waals surface area contributed by atoms with Crippen LogP contribution in [0, 0.1) is 0 Å². The van der Waals surface area contributed by atoms with E-state index < -0.39 is 26.6 Å². The molecule has 0 bridgehead atoms. The van der Waals surface area contributed by atoms with Crippen LogP contribution in [0.25, 0.3) is 0 Å². The van der Waals surface area contributed by atoms with Crippen molar-refractivity contribution in [2.45, 2.75) is 116 Å². The first kappa shape index (κ1) is 47.4. The fourth-order valence-corrected chi connectivity index (χ4v) is 5.04. The molecule has 50 heavy (non-hydrogen) atoms. The molecule has 2 N–H and O–H groups in total. The molecular weight excluding hydrogens is 647 g/mol. The predicted octanol–water partition coefficient (Wildman–Crippen LogP) is 8.99. The van der Waals surface area contributed by atoms with Crippen LogP contribution in [-0.2, 0) is 18.4 Å². The van der Waals surface area contributed by atoms with E-state index in [4.69, 9.17) is 9.05 Å². The Balaban J connectivity index is 4.40. The molecule has 0 aliphatic heterocycles. The summed E-state index contributed by atoms with van der Waals surface area (Å²) in [5.41, 5.74) is 0. The van der Waals surface area contributed by atoms with Crippen molar-refractivity contribution in [2.75, 3.05) is 40.9 Å². The zero-order valence-corrected chi connectivity index (χ0v) is 32.7. The number of aliphatic hydroxyl groups is 1. The van der Waals surface area contributed by atoms with Crippen LogP contribution in [0.5, 0.6) is 0 Å². The van der Waals surface area contributed by atoms with Gasteiger partial charge in [-0.25, -0.2) is 0 Å². The van der Waals surface area contributed by atoms with E-state index in [1.54, 1.807) is 6.08 Å². The Labute approximate surface area is 305 Å². The maximum absolute atomic E-state index is 12.7. The van der Waals surface area contributed by atoms with Crippen LogP contribution in [-0.4, -0.2) is 68.5 Å². The van der Waals surface area contributed by atoms with E-state index in [-0.39, 0.29) is 18.9 Å². The number of hydrogen-bond donors (Lipinski definition) is 2. The molecule has 0 fully saturated rings. The van der Waals surface area contributed by atoms with Gasteiger partial charge in [0, 0.05) is 6.42 Å². The molecule has 0 rings (SSSR count). The minimum atomic E-state index is -4.59. The molecule has 8 nitrogen and oxygen atoms in total. The van der Waals surface area contributed by atoms with Crippen LogP contribution in [0.15, 0.2) is 97.2 Å². The first-order valence-corrected chi connectivity index (χ1v) is 20.1. The van der Waals surface area contributed by atoms with E-state index in [0.717, 1.165) is 77.0 Å². The van der Waals surface area contributed by atoms with E-state index in [2.05, 4.69) is 104 Å². The highest BCUT2D eigenvalue weighted by atomic mass is 31.2. The number of nitrogens with zero attached hydrogens (tertiary/aromatic N) is 1. The number of nitrogens with one attached hydrogen (secondary N) is 1. The minimum absolute atomic E-state index is 0.0190. The molecule has 1 amide bonds. The molecule has 0 aromatic heterocycles. The quantitative estimate of drug-likeness (QED) is 0.0321. The van der Waals surface area contributed by atoms with E-state index in [1.807, 2.05) is 27.2 Å². The molecule has 0 aromatic carbocycles. The Hall–Kier alpha value is -2.58. The summed E-state index contributed by atoms with van der Waals surface area (Å²) < 4.78 is 22.9. The van der Waals surface area contributed by atoms with Crippen molar-refractivity contribution < 1.29 is 32.9 Å². The van der Waals surface area contributed by atoms with Gasteiger partial charge in [-0.1, -0.05) is 124 Å². The van der Waals surface area contributed by atoms with Crippen LogP contribution in [0.2, 0.25) is 0 Å². The molecule has 0 spiro atoms. The molecule has 3 unspecified atom stereocenters. The molecule has 0 aliphatic rings. The molecule has 3 atom stereocenters. The number of quaternary nitrogens is 1. The van der Waals surface area contributed by atoms with Gasteiger partial charge in [0.15, 0.2) is 0 Å². The van der Waals surface area contributed by atoms with Crippen LogP contribution in [0.4, 0.5) is 0 Å². The fourth-order valence-electron chi connectivity index (χ4n) is 4.31. The average Bonchev–Trinajstić information content (AvgIpc) is 3.06. The van der Waals surface area contributed by atoms with Gasteiger partial charge in [-0.05, 0) is 70.6 Å². The van der Waals surface area contributed by atoms with Gasteiger partial charge >= 0.3 is 0 Å². The summed E-state index contributed by atoms with van der Waals surface area (Å²) in [7, 11) is 1.19. The zero-order chi connectivity index (χ0) is 37.2.